The highest BCUT2D eigenvalue weighted by molar-refractivity contribution is 5.82. The van der Waals surface area contributed by atoms with E-state index in [9.17, 15) is 32.8 Å². The Morgan fingerprint density at radius 2 is 1.75 bits per heavy atom. The molecule has 1 amide bonds. The van der Waals surface area contributed by atoms with E-state index < -0.39 is 41.7 Å². The number of carbonyl (C=O) groups excluding carboxylic acids is 1. The van der Waals surface area contributed by atoms with Gasteiger partial charge in [-0.25, -0.2) is 22.5 Å². The number of rotatable bonds is 5. The third-order valence-electron chi connectivity index (χ3n) is 5.94. The number of nitriles is 1. The van der Waals surface area contributed by atoms with Gasteiger partial charge < -0.3 is 9.80 Å². The molecule has 3 aromatic rings. The normalized spacial score (nSPS) is 13.7. The summed E-state index contributed by atoms with van der Waals surface area (Å²) in [5.41, 5.74) is -1.02. The summed E-state index contributed by atoms with van der Waals surface area (Å²) in [5.74, 6) is -4.81. The smallest absolute Gasteiger partial charge is 0.338 e. The fraction of sp³-hybridized carbons (Fsp3) is 0.292. The molecule has 0 spiro atoms. The average Bonchev–Trinajstić information content (AvgIpc) is 2.83. The zero-order valence-electron chi connectivity index (χ0n) is 19.5. The van der Waals surface area contributed by atoms with Crippen molar-refractivity contribution >= 4 is 11.7 Å². The van der Waals surface area contributed by atoms with Gasteiger partial charge in [0.2, 0.25) is 5.91 Å². The Hall–Kier alpha value is -4.40. The van der Waals surface area contributed by atoms with Crippen molar-refractivity contribution in [2.75, 3.05) is 31.6 Å². The van der Waals surface area contributed by atoms with E-state index in [1.807, 2.05) is 6.07 Å². The Bertz CT molecular complexity index is 1500. The molecule has 1 saturated heterocycles. The number of hydrogen-bond donors (Lipinski definition) is 0. The van der Waals surface area contributed by atoms with E-state index >= 15 is 0 Å². The lowest BCUT2D eigenvalue weighted by atomic mass is 10.0. The summed E-state index contributed by atoms with van der Waals surface area (Å²) in [5, 5.41) is 9.48. The van der Waals surface area contributed by atoms with Crippen molar-refractivity contribution in [3.8, 4) is 11.8 Å². The summed E-state index contributed by atoms with van der Waals surface area (Å²) in [6.45, 7) is 1.58. The molecule has 0 bridgehead atoms. The molecule has 1 aromatic carbocycles. The topological polar surface area (TPSA) is 104 Å². The summed E-state index contributed by atoms with van der Waals surface area (Å²) in [7, 11) is 1.61. The minimum atomic E-state index is -1.65. The number of piperazine rings is 1. The Kier molecular flexibility index (Phi) is 6.65. The van der Waals surface area contributed by atoms with Crippen LogP contribution in [0.5, 0.6) is 0 Å². The number of pyridine rings is 1. The number of aryl methyl sites for hydroxylation is 1. The number of aromatic nitrogens is 3. The van der Waals surface area contributed by atoms with Gasteiger partial charge in [0.05, 0.1) is 30.1 Å². The summed E-state index contributed by atoms with van der Waals surface area (Å²) in [6.07, 6.45) is 2.43. The van der Waals surface area contributed by atoms with Gasteiger partial charge in [0.15, 0.2) is 17.5 Å². The summed E-state index contributed by atoms with van der Waals surface area (Å²) in [4.78, 5) is 46.7. The number of anilines is 1. The molecule has 4 rings (SSSR count). The van der Waals surface area contributed by atoms with Crippen LogP contribution < -0.4 is 16.1 Å². The van der Waals surface area contributed by atoms with Gasteiger partial charge >= 0.3 is 5.69 Å². The monoisotopic (exact) mass is 498 g/mol. The number of benzene rings is 1. The number of hydrogen-bond acceptors (Lipinski definition) is 6. The van der Waals surface area contributed by atoms with Crippen LogP contribution in [0.4, 0.5) is 19.0 Å². The zero-order chi connectivity index (χ0) is 26.1. The van der Waals surface area contributed by atoms with Crippen molar-refractivity contribution in [3.63, 3.8) is 0 Å². The molecule has 0 saturated carbocycles. The standard InChI is InChI=1S/C24H21F3N6O3/c1-14-7-16(12-29-11-14)33-23(35)17(8-15-9-18(25)21(27)19(26)10-15)22(32(4-3-28)24(33)36)31-6-5-30(2)20(34)13-31/h7,9-12H,4-6,8,13H2,1-2H3. The molecule has 0 aliphatic carbocycles. The van der Waals surface area contributed by atoms with E-state index in [4.69, 9.17) is 0 Å². The van der Waals surface area contributed by atoms with Gasteiger partial charge in [0, 0.05) is 32.8 Å². The van der Waals surface area contributed by atoms with Gasteiger partial charge in [-0.3, -0.25) is 19.1 Å². The SMILES string of the molecule is Cc1cncc(-n2c(=O)c(Cc3cc(F)c(F)c(F)c3)c(N3CCN(C)C(=O)C3)n(CC#N)c2=O)c1. The fourth-order valence-corrected chi connectivity index (χ4v) is 4.16. The van der Waals surface area contributed by atoms with Crippen LogP contribution in [-0.4, -0.2) is 51.6 Å². The first-order valence-corrected chi connectivity index (χ1v) is 10.9. The van der Waals surface area contributed by atoms with Crippen molar-refractivity contribution < 1.29 is 18.0 Å². The van der Waals surface area contributed by atoms with Crippen LogP contribution in [0.1, 0.15) is 16.7 Å². The number of likely N-dealkylation sites (N-methyl/N-ethyl adjacent to an activating group) is 1. The van der Waals surface area contributed by atoms with E-state index in [-0.39, 0.29) is 48.2 Å². The van der Waals surface area contributed by atoms with Gasteiger partial charge in [-0.15, -0.1) is 0 Å². The first kappa shape index (κ1) is 24.7. The maximum Gasteiger partial charge on any atom is 0.338 e. The Labute approximate surface area is 203 Å². The van der Waals surface area contributed by atoms with Crippen LogP contribution in [0.15, 0.2) is 40.2 Å². The number of amides is 1. The quantitative estimate of drug-likeness (QED) is 0.494. The fourth-order valence-electron chi connectivity index (χ4n) is 4.16. The van der Waals surface area contributed by atoms with Crippen LogP contribution in [0.2, 0.25) is 0 Å². The summed E-state index contributed by atoms with van der Waals surface area (Å²) in [6, 6.07) is 4.96. The van der Waals surface area contributed by atoms with E-state index in [1.54, 1.807) is 20.0 Å². The molecule has 1 fully saturated rings. The lowest BCUT2D eigenvalue weighted by Crippen LogP contribution is -2.52. The van der Waals surface area contributed by atoms with Crippen LogP contribution >= 0.6 is 0 Å². The predicted octanol–water partition coefficient (Wildman–Crippen LogP) is 1.51. The lowest BCUT2D eigenvalue weighted by Gasteiger charge is -2.35. The molecular formula is C24H21F3N6O3. The van der Waals surface area contributed by atoms with E-state index in [1.165, 1.54) is 22.2 Å². The molecule has 9 nitrogen and oxygen atoms in total. The molecule has 12 heteroatoms. The third kappa shape index (κ3) is 4.47. The molecule has 0 radical (unpaired) electrons. The van der Waals surface area contributed by atoms with Gasteiger partial charge in [-0.05, 0) is 36.2 Å². The molecule has 0 atom stereocenters. The molecular weight excluding hydrogens is 477 g/mol. The maximum absolute atomic E-state index is 14.0. The van der Waals surface area contributed by atoms with Gasteiger partial charge in [0.25, 0.3) is 5.56 Å². The Morgan fingerprint density at radius 1 is 1.06 bits per heavy atom. The minimum Gasteiger partial charge on any atom is -0.346 e. The second-order valence-electron chi connectivity index (χ2n) is 8.48. The molecule has 0 N–H and O–H groups in total. The van der Waals surface area contributed by atoms with Crippen LogP contribution in [0, 0.1) is 35.7 Å². The van der Waals surface area contributed by atoms with E-state index in [0.29, 0.717) is 5.56 Å². The minimum absolute atomic E-state index is 0.00463. The highest BCUT2D eigenvalue weighted by Gasteiger charge is 2.29. The van der Waals surface area contributed by atoms with Crippen molar-refractivity contribution in [1.29, 1.82) is 5.26 Å². The van der Waals surface area contributed by atoms with Crippen molar-refractivity contribution in [2.24, 2.45) is 0 Å². The molecule has 1 aliphatic heterocycles. The van der Waals surface area contributed by atoms with Crippen molar-refractivity contribution in [3.05, 3.63) is 85.6 Å². The van der Waals surface area contributed by atoms with Crippen molar-refractivity contribution in [1.82, 2.24) is 19.0 Å². The van der Waals surface area contributed by atoms with Crippen LogP contribution in [0.3, 0.4) is 0 Å². The number of nitrogens with zero attached hydrogens (tertiary/aromatic N) is 6. The van der Waals surface area contributed by atoms with Gasteiger partial charge in [-0.1, -0.05) is 0 Å². The zero-order valence-corrected chi connectivity index (χ0v) is 19.5. The second-order valence-corrected chi connectivity index (χ2v) is 8.48. The Morgan fingerprint density at radius 3 is 2.36 bits per heavy atom. The van der Waals surface area contributed by atoms with E-state index in [0.717, 1.165) is 21.3 Å². The molecule has 3 heterocycles. The van der Waals surface area contributed by atoms with Crippen LogP contribution in [-0.2, 0) is 17.8 Å². The van der Waals surface area contributed by atoms with Crippen LogP contribution in [0.25, 0.3) is 5.69 Å². The summed E-state index contributed by atoms with van der Waals surface area (Å²) < 4.78 is 43.4. The second kappa shape index (κ2) is 9.69. The molecule has 2 aromatic heterocycles. The first-order valence-electron chi connectivity index (χ1n) is 10.9. The van der Waals surface area contributed by atoms with Gasteiger partial charge in [0.1, 0.15) is 12.4 Å². The number of halogens is 3. The summed E-state index contributed by atoms with van der Waals surface area (Å²) >= 11 is 0. The molecule has 1 aliphatic rings. The Balaban J connectivity index is 2.03. The van der Waals surface area contributed by atoms with E-state index in [2.05, 4.69) is 4.98 Å². The lowest BCUT2D eigenvalue weighted by molar-refractivity contribution is -0.129. The molecule has 36 heavy (non-hydrogen) atoms. The van der Waals surface area contributed by atoms with Gasteiger partial charge in [-0.2, -0.15) is 5.26 Å². The van der Waals surface area contributed by atoms with Crippen molar-refractivity contribution in [2.45, 2.75) is 19.9 Å². The highest BCUT2D eigenvalue weighted by atomic mass is 19.2. The maximum atomic E-state index is 14.0. The number of carbonyl (C=O) groups is 1. The predicted molar refractivity (Wildman–Crippen MR) is 123 cm³/mol. The first-order chi connectivity index (χ1) is 17.1. The third-order valence-corrected chi connectivity index (χ3v) is 5.94. The molecule has 186 valence electrons. The largest absolute Gasteiger partial charge is 0.346 e. The average molecular weight is 498 g/mol. The molecule has 0 unspecified atom stereocenters. The highest BCUT2D eigenvalue weighted by Crippen LogP contribution is 2.24.